The van der Waals surface area contributed by atoms with Crippen molar-refractivity contribution in [3.63, 3.8) is 0 Å². The lowest BCUT2D eigenvalue weighted by molar-refractivity contribution is -0.122. The first-order valence-corrected chi connectivity index (χ1v) is 8.27. The Morgan fingerprint density at radius 2 is 2.10 bits per heavy atom. The van der Waals surface area contributed by atoms with Crippen molar-refractivity contribution in [2.24, 2.45) is 5.92 Å². The largest absolute Gasteiger partial charge is 0.355 e. The lowest BCUT2D eigenvalue weighted by atomic mass is 10.2. The third-order valence-corrected chi connectivity index (χ3v) is 4.96. The summed E-state index contributed by atoms with van der Waals surface area (Å²) in [6.07, 6.45) is 1.79. The molecule has 8 heteroatoms. The van der Waals surface area contributed by atoms with Gasteiger partial charge >= 0.3 is 0 Å². The molecule has 0 saturated heterocycles. The molecule has 0 aromatic heterocycles. The summed E-state index contributed by atoms with van der Waals surface area (Å²) in [5.41, 5.74) is 0.210. The van der Waals surface area contributed by atoms with Gasteiger partial charge in [-0.15, -0.1) is 0 Å². The maximum absolute atomic E-state index is 12.1. The summed E-state index contributed by atoms with van der Waals surface area (Å²) in [5.74, 6) is 0.0436. The molecule has 2 rings (SSSR count). The number of hydrogen-bond donors (Lipinski definition) is 2. The van der Waals surface area contributed by atoms with Gasteiger partial charge in [-0.25, -0.2) is 13.1 Å². The zero-order valence-electron chi connectivity index (χ0n) is 11.1. The molecule has 6 nitrogen and oxygen atoms in total. The van der Waals surface area contributed by atoms with E-state index in [2.05, 4.69) is 10.0 Å². The monoisotopic (exact) mass is 327 g/mol. The van der Waals surface area contributed by atoms with Crippen LogP contribution in [0.25, 0.3) is 0 Å². The van der Waals surface area contributed by atoms with Crippen molar-refractivity contribution in [1.29, 1.82) is 5.26 Å². The first-order chi connectivity index (χ1) is 9.94. The number of rotatable bonds is 6. The van der Waals surface area contributed by atoms with E-state index < -0.39 is 10.0 Å². The van der Waals surface area contributed by atoms with Crippen LogP contribution in [0.1, 0.15) is 18.4 Å². The predicted molar refractivity (Wildman–Crippen MR) is 77.1 cm³/mol. The Morgan fingerprint density at radius 3 is 2.71 bits per heavy atom. The molecule has 0 unspecified atom stereocenters. The number of nitrogens with zero attached hydrogens (tertiary/aromatic N) is 1. The lowest BCUT2D eigenvalue weighted by Gasteiger charge is -2.09. The molecule has 112 valence electrons. The second-order valence-electron chi connectivity index (χ2n) is 4.72. The summed E-state index contributed by atoms with van der Waals surface area (Å²) in [6.45, 7) is 0.276. The van der Waals surface area contributed by atoms with Crippen molar-refractivity contribution in [2.45, 2.75) is 17.7 Å². The van der Waals surface area contributed by atoms with Gasteiger partial charge in [-0.3, -0.25) is 4.79 Å². The number of carbonyl (C=O) groups is 1. The summed E-state index contributed by atoms with van der Waals surface area (Å²) < 4.78 is 26.5. The zero-order chi connectivity index (χ0) is 15.5. The summed E-state index contributed by atoms with van der Waals surface area (Å²) >= 11 is 5.85. The van der Waals surface area contributed by atoms with Crippen LogP contribution in [0.5, 0.6) is 0 Å². The van der Waals surface area contributed by atoms with Crippen LogP contribution in [0.15, 0.2) is 23.1 Å². The van der Waals surface area contributed by atoms with E-state index in [0.29, 0.717) is 0 Å². The first-order valence-electron chi connectivity index (χ1n) is 6.41. The summed E-state index contributed by atoms with van der Waals surface area (Å²) in [7, 11) is -3.81. The number of halogens is 1. The molecule has 0 heterocycles. The van der Waals surface area contributed by atoms with Crippen molar-refractivity contribution >= 4 is 27.5 Å². The minimum Gasteiger partial charge on any atom is -0.355 e. The standard InChI is InChI=1S/C13H14ClN3O3S/c14-11-4-1-9(8-15)7-12(11)21(19,20)17-6-5-16-13(18)10-2-3-10/h1,4,7,10,17H,2-3,5-6H2,(H,16,18). The number of nitriles is 1. The Balaban J connectivity index is 1.95. The van der Waals surface area contributed by atoms with Gasteiger partial charge in [0, 0.05) is 19.0 Å². The molecule has 1 amide bonds. The van der Waals surface area contributed by atoms with E-state index in [4.69, 9.17) is 16.9 Å². The average Bonchev–Trinajstić information content (AvgIpc) is 3.28. The highest BCUT2D eigenvalue weighted by Gasteiger charge is 2.29. The number of benzene rings is 1. The molecule has 0 radical (unpaired) electrons. The average molecular weight is 328 g/mol. The Morgan fingerprint density at radius 1 is 1.38 bits per heavy atom. The second kappa shape index (κ2) is 6.43. The van der Waals surface area contributed by atoms with Crippen molar-refractivity contribution in [1.82, 2.24) is 10.0 Å². The topological polar surface area (TPSA) is 99.1 Å². The fraction of sp³-hybridized carbons (Fsp3) is 0.385. The summed E-state index contributed by atoms with van der Waals surface area (Å²) in [4.78, 5) is 11.3. The molecule has 1 aromatic rings. The minimum atomic E-state index is -3.81. The predicted octanol–water partition coefficient (Wildman–Crippen LogP) is 1.02. The molecule has 1 saturated carbocycles. The number of hydrogen-bond acceptors (Lipinski definition) is 4. The van der Waals surface area contributed by atoms with Gasteiger partial charge in [-0.05, 0) is 31.0 Å². The first kappa shape index (κ1) is 15.8. The van der Waals surface area contributed by atoms with Crippen molar-refractivity contribution < 1.29 is 13.2 Å². The normalized spacial score (nSPS) is 14.5. The molecular formula is C13H14ClN3O3S. The van der Waals surface area contributed by atoms with Gasteiger partial charge in [0.1, 0.15) is 4.90 Å². The van der Waals surface area contributed by atoms with E-state index in [1.54, 1.807) is 0 Å². The zero-order valence-corrected chi connectivity index (χ0v) is 12.7. The smallest absolute Gasteiger partial charge is 0.242 e. The van der Waals surface area contributed by atoms with E-state index in [-0.39, 0.29) is 40.4 Å². The number of amides is 1. The Bertz CT molecular complexity index is 693. The van der Waals surface area contributed by atoms with E-state index in [0.717, 1.165) is 12.8 Å². The molecule has 0 atom stereocenters. The highest BCUT2D eigenvalue weighted by molar-refractivity contribution is 7.89. The van der Waals surface area contributed by atoms with Gasteiger partial charge in [-0.2, -0.15) is 5.26 Å². The number of sulfonamides is 1. The van der Waals surface area contributed by atoms with Gasteiger partial charge in [0.2, 0.25) is 15.9 Å². The third kappa shape index (κ3) is 4.17. The fourth-order valence-electron chi connectivity index (χ4n) is 1.72. The molecule has 21 heavy (non-hydrogen) atoms. The maximum atomic E-state index is 12.1. The van der Waals surface area contributed by atoms with Crippen molar-refractivity contribution in [3.8, 4) is 6.07 Å². The molecule has 1 aliphatic carbocycles. The van der Waals surface area contributed by atoms with Gasteiger partial charge < -0.3 is 5.32 Å². The molecule has 1 aliphatic rings. The lowest BCUT2D eigenvalue weighted by Crippen LogP contribution is -2.35. The summed E-state index contributed by atoms with van der Waals surface area (Å²) in [6, 6.07) is 5.88. The molecule has 0 bridgehead atoms. The van der Waals surface area contributed by atoms with Crippen LogP contribution in [0, 0.1) is 17.2 Å². The van der Waals surface area contributed by atoms with Crippen LogP contribution in [-0.2, 0) is 14.8 Å². The van der Waals surface area contributed by atoms with E-state index in [9.17, 15) is 13.2 Å². The van der Waals surface area contributed by atoms with E-state index in [1.807, 2.05) is 6.07 Å². The van der Waals surface area contributed by atoms with Crippen LogP contribution in [-0.4, -0.2) is 27.4 Å². The minimum absolute atomic E-state index is 0.0429. The van der Waals surface area contributed by atoms with Crippen LogP contribution < -0.4 is 10.0 Å². The van der Waals surface area contributed by atoms with E-state index in [1.165, 1.54) is 18.2 Å². The maximum Gasteiger partial charge on any atom is 0.242 e. The van der Waals surface area contributed by atoms with Crippen molar-refractivity contribution in [3.05, 3.63) is 28.8 Å². The molecule has 0 spiro atoms. The van der Waals surface area contributed by atoms with Crippen LogP contribution >= 0.6 is 11.6 Å². The van der Waals surface area contributed by atoms with Crippen LogP contribution in [0.2, 0.25) is 5.02 Å². The van der Waals surface area contributed by atoms with Crippen LogP contribution in [0.4, 0.5) is 0 Å². The Hall–Kier alpha value is -1.62. The molecule has 0 aliphatic heterocycles. The molecule has 1 aromatic carbocycles. The SMILES string of the molecule is N#Cc1ccc(Cl)c(S(=O)(=O)NCCNC(=O)C2CC2)c1. The van der Waals surface area contributed by atoms with Gasteiger partial charge in [-0.1, -0.05) is 11.6 Å². The van der Waals surface area contributed by atoms with Crippen LogP contribution in [0.3, 0.4) is 0 Å². The van der Waals surface area contributed by atoms with Gasteiger partial charge in [0.15, 0.2) is 0 Å². The number of nitrogens with one attached hydrogen (secondary N) is 2. The van der Waals surface area contributed by atoms with Gasteiger partial charge in [0.25, 0.3) is 0 Å². The molecular weight excluding hydrogens is 314 g/mol. The molecule has 1 fully saturated rings. The fourth-order valence-corrected chi connectivity index (χ4v) is 3.27. The third-order valence-electron chi connectivity index (χ3n) is 3.01. The Labute approximate surface area is 128 Å². The summed E-state index contributed by atoms with van der Waals surface area (Å²) in [5, 5.41) is 11.5. The molecule has 2 N–H and O–H groups in total. The van der Waals surface area contributed by atoms with E-state index >= 15 is 0 Å². The number of carbonyl (C=O) groups excluding carboxylic acids is 1. The Kier molecular flexibility index (Phi) is 4.83. The van der Waals surface area contributed by atoms with Crippen molar-refractivity contribution in [2.75, 3.05) is 13.1 Å². The quantitative estimate of drug-likeness (QED) is 0.762. The second-order valence-corrected chi connectivity index (χ2v) is 6.86. The van der Waals surface area contributed by atoms with Gasteiger partial charge in [0.05, 0.1) is 16.7 Å². The highest BCUT2D eigenvalue weighted by atomic mass is 35.5. The highest BCUT2D eigenvalue weighted by Crippen LogP contribution is 2.28.